The second-order valence-electron chi connectivity index (χ2n) is 4.49. The Kier molecular flexibility index (Phi) is 4.36. The topological polar surface area (TPSA) is 121 Å². The van der Waals surface area contributed by atoms with Crippen molar-refractivity contribution < 1.29 is 14.5 Å². The van der Waals surface area contributed by atoms with Gasteiger partial charge in [-0.2, -0.15) is 0 Å². The number of hydrogen-bond acceptors (Lipinski definition) is 5. The van der Waals surface area contributed by atoms with E-state index in [-0.39, 0.29) is 28.4 Å². The summed E-state index contributed by atoms with van der Waals surface area (Å²) in [5.41, 5.74) is 8.74. The van der Waals surface area contributed by atoms with Gasteiger partial charge in [0.2, 0.25) is 0 Å². The van der Waals surface area contributed by atoms with E-state index in [4.69, 9.17) is 10.3 Å². The molecule has 0 saturated carbocycles. The molecule has 0 bridgehead atoms. The molecule has 1 fully saturated rings. The zero-order valence-corrected chi connectivity index (χ0v) is 11.4. The largest absolute Gasteiger partial charge is 0.378 e. The van der Waals surface area contributed by atoms with Crippen LogP contribution in [0.5, 0.6) is 0 Å². The summed E-state index contributed by atoms with van der Waals surface area (Å²) in [6.45, 7) is 3.20. The molecule has 2 rings (SSSR count). The van der Waals surface area contributed by atoms with Gasteiger partial charge < -0.3 is 9.64 Å². The molecule has 0 aliphatic carbocycles. The van der Waals surface area contributed by atoms with Crippen LogP contribution in [0, 0.1) is 17.0 Å². The number of benzene rings is 1. The number of carbonyl (C=O) groups is 1. The Bertz CT molecular complexity index is 610. The van der Waals surface area contributed by atoms with Crippen LogP contribution >= 0.6 is 0 Å². The van der Waals surface area contributed by atoms with E-state index >= 15 is 0 Å². The van der Waals surface area contributed by atoms with Crippen molar-refractivity contribution in [3.63, 3.8) is 0 Å². The van der Waals surface area contributed by atoms with E-state index in [1.54, 1.807) is 4.90 Å². The average molecular weight is 291 g/mol. The number of nitrogens with zero attached hydrogens (tertiary/aromatic N) is 5. The molecular formula is C12H13N5O4. The minimum Gasteiger partial charge on any atom is -0.378 e. The van der Waals surface area contributed by atoms with Crippen LogP contribution in [0.4, 0.5) is 11.4 Å². The second-order valence-corrected chi connectivity index (χ2v) is 4.49. The van der Waals surface area contributed by atoms with Crippen molar-refractivity contribution in [3.05, 3.63) is 43.8 Å². The lowest BCUT2D eigenvalue weighted by Gasteiger charge is -2.27. The van der Waals surface area contributed by atoms with Crippen LogP contribution in [-0.4, -0.2) is 42.0 Å². The van der Waals surface area contributed by atoms with E-state index in [9.17, 15) is 14.9 Å². The predicted molar refractivity (Wildman–Crippen MR) is 73.4 cm³/mol. The molecule has 1 aromatic carbocycles. The summed E-state index contributed by atoms with van der Waals surface area (Å²) in [5, 5.41) is 14.5. The molecule has 9 nitrogen and oxygen atoms in total. The van der Waals surface area contributed by atoms with Crippen LogP contribution in [0.2, 0.25) is 0 Å². The van der Waals surface area contributed by atoms with Gasteiger partial charge >= 0.3 is 0 Å². The number of carbonyl (C=O) groups excluding carboxylic acids is 1. The highest BCUT2D eigenvalue weighted by molar-refractivity contribution is 5.96. The lowest BCUT2D eigenvalue weighted by molar-refractivity contribution is -0.385. The molecular weight excluding hydrogens is 278 g/mol. The summed E-state index contributed by atoms with van der Waals surface area (Å²) in [6, 6.07) is 2.59. The van der Waals surface area contributed by atoms with Gasteiger partial charge in [0.15, 0.2) is 0 Å². The number of ether oxygens (including phenoxy) is 1. The van der Waals surface area contributed by atoms with E-state index in [1.165, 1.54) is 19.1 Å². The van der Waals surface area contributed by atoms with Crippen molar-refractivity contribution in [1.29, 1.82) is 0 Å². The summed E-state index contributed by atoms with van der Waals surface area (Å²) in [4.78, 5) is 27.0. The number of rotatable bonds is 3. The standard InChI is InChI=1S/C12H13N5O4/c1-8-10(14-15-13)6-9(7-11(8)17(19)20)12(18)16-2-4-21-5-3-16/h6-7H,2-5H2,1H3. The van der Waals surface area contributed by atoms with Crippen LogP contribution in [0.3, 0.4) is 0 Å². The Labute approximate surface area is 119 Å². The van der Waals surface area contributed by atoms with Crippen LogP contribution in [0.1, 0.15) is 15.9 Å². The maximum absolute atomic E-state index is 12.4. The first-order valence-corrected chi connectivity index (χ1v) is 6.25. The van der Waals surface area contributed by atoms with E-state index in [0.717, 1.165) is 0 Å². The van der Waals surface area contributed by atoms with Crippen molar-refractivity contribution >= 4 is 17.3 Å². The fourth-order valence-corrected chi connectivity index (χ4v) is 2.10. The SMILES string of the molecule is Cc1c(N=[N+]=[N-])cc(C(=O)N2CCOCC2)cc1[N+](=O)[O-]. The summed E-state index contributed by atoms with van der Waals surface area (Å²) in [6.07, 6.45) is 0. The molecule has 0 radical (unpaired) electrons. The Hall–Kier alpha value is -2.64. The molecule has 0 atom stereocenters. The highest BCUT2D eigenvalue weighted by atomic mass is 16.6. The first kappa shape index (κ1) is 14.8. The van der Waals surface area contributed by atoms with Crippen LogP contribution in [-0.2, 0) is 4.74 Å². The molecule has 1 heterocycles. The normalized spacial score (nSPS) is 14.4. The zero-order chi connectivity index (χ0) is 15.4. The first-order valence-electron chi connectivity index (χ1n) is 6.25. The number of nitro benzene ring substituents is 1. The molecule has 1 aliphatic rings. The third-order valence-electron chi connectivity index (χ3n) is 3.25. The lowest BCUT2D eigenvalue weighted by Crippen LogP contribution is -2.40. The predicted octanol–water partition coefficient (Wildman–Crippen LogP) is 2.32. The molecule has 9 heteroatoms. The molecule has 0 N–H and O–H groups in total. The quantitative estimate of drug-likeness (QED) is 0.279. The molecule has 1 aliphatic heterocycles. The molecule has 1 saturated heterocycles. The Morgan fingerprint density at radius 1 is 1.48 bits per heavy atom. The summed E-state index contributed by atoms with van der Waals surface area (Å²) in [5.74, 6) is -0.337. The van der Waals surface area contributed by atoms with E-state index in [1.807, 2.05) is 0 Å². The van der Waals surface area contributed by atoms with Crippen molar-refractivity contribution in [1.82, 2.24) is 4.90 Å². The molecule has 0 unspecified atom stereocenters. The number of azide groups is 1. The maximum Gasteiger partial charge on any atom is 0.273 e. The van der Waals surface area contributed by atoms with Gasteiger partial charge in [-0.3, -0.25) is 14.9 Å². The molecule has 21 heavy (non-hydrogen) atoms. The monoisotopic (exact) mass is 291 g/mol. The number of nitro groups is 1. The molecule has 1 amide bonds. The Balaban J connectivity index is 2.45. The van der Waals surface area contributed by atoms with Gasteiger partial charge in [0.25, 0.3) is 11.6 Å². The number of hydrogen-bond donors (Lipinski definition) is 0. The summed E-state index contributed by atoms with van der Waals surface area (Å²) in [7, 11) is 0. The molecule has 0 spiro atoms. The van der Waals surface area contributed by atoms with E-state index < -0.39 is 4.92 Å². The minimum absolute atomic E-state index is 0.0864. The van der Waals surface area contributed by atoms with Gasteiger partial charge in [-0.05, 0) is 18.5 Å². The molecule has 1 aromatic rings. The second kappa shape index (κ2) is 6.21. The van der Waals surface area contributed by atoms with Gasteiger partial charge in [-0.1, -0.05) is 5.11 Å². The van der Waals surface area contributed by atoms with Crippen LogP contribution in [0.25, 0.3) is 10.4 Å². The average Bonchev–Trinajstić information content (AvgIpc) is 2.49. The fourth-order valence-electron chi connectivity index (χ4n) is 2.10. The van der Waals surface area contributed by atoms with Gasteiger partial charge in [0.1, 0.15) is 0 Å². The van der Waals surface area contributed by atoms with Crippen LogP contribution < -0.4 is 0 Å². The smallest absolute Gasteiger partial charge is 0.273 e. The van der Waals surface area contributed by atoms with E-state index in [2.05, 4.69) is 10.0 Å². The summed E-state index contributed by atoms with van der Waals surface area (Å²) >= 11 is 0. The maximum atomic E-state index is 12.4. The molecule has 0 aromatic heterocycles. The van der Waals surface area contributed by atoms with Gasteiger partial charge in [0, 0.05) is 40.9 Å². The highest BCUT2D eigenvalue weighted by Crippen LogP contribution is 2.30. The van der Waals surface area contributed by atoms with Gasteiger partial charge in [-0.25, -0.2) is 0 Å². The Morgan fingerprint density at radius 2 is 2.14 bits per heavy atom. The number of amides is 1. The first-order chi connectivity index (χ1) is 10.0. The molecule has 110 valence electrons. The fraction of sp³-hybridized carbons (Fsp3) is 0.417. The third-order valence-corrected chi connectivity index (χ3v) is 3.25. The highest BCUT2D eigenvalue weighted by Gasteiger charge is 2.23. The van der Waals surface area contributed by atoms with Crippen molar-refractivity contribution in [3.8, 4) is 0 Å². The van der Waals surface area contributed by atoms with Gasteiger partial charge in [0.05, 0.1) is 18.1 Å². The third kappa shape index (κ3) is 3.10. The zero-order valence-electron chi connectivity index (χ0n) is 11.4. The minimum atomic E-state index is -0.595. The van der Waals surface area contributed by atoms with Gasteiger partial charge in [-0.15, -0.1) is 0 Å². The lowest BCUT2D eigenvalue weighted by atomic mass is 10.1. The van der Waals surface area contributed by atoms with E-state index in [0.29, 0.717) is 26.3 Å². The number of morpholine rings is 1. The Morgan fingerprint density at radius 3 is 2.71 bits per heavy atom. The van der Waals surface area contributed by atoms with Crippen molar-refractivity contribution in [2.24, 2.45) is 5.11 Å². The summed E-state index contributed by atoms with van der Waals surface area (Å²) < 4.78 is 5.16. The van der Waals surface area contributed by atoms with Crippen LogP contribution in [0.15, 0.2) is 17.2 Å². The van der Waals surface area contributed by atoms with Crippen molar-refractivity contribution in [2.45, 2.75) is 6.92 Å². The van der Waals surface area contributed by atoms with Crippen molar-refractivity contribution in [2.75, 3.05) is 26.3 Å².